The molecule has 42 heavy (non-hydrogen) atoms. The first kappa shape index (κ1) is 29.6. The van der Waals surface area contributed by atoms with E-state index in [4.69, 9.17) is 0 Å². The summed E-state index contributed by atoms with van der Waals surface area (Å²) in [5.74, 6) is -0.0672. The predicted molar refractivity (Wildman–Crippen MR) is 165 cm³/mol. The lowest BCUT2D eigenvalue weighted by molar-refractivity contribution is -0.117. The van der Waals surface area contributed by atoms with Crippen molar-refractivity contribution < 1.29 is 14.4 Å². The van der Waals surface area contributed by atoms with Crippen molar-refractivity contribution in [3.63, 3.8) is 0 Å². The summed E-state index contributed by atoms with van der Waals surface area (Å²) < 4.78 is 2.21. The second-order valence-corrected chi connectivity index (χ2v) is 13.1. The van der Waals surface area contributed by atoms with Crippen LogP contribution in [0.4, 0.5) is 5.69 Å². The number of aromatic nitrogens is 1. The van der Waals surface area contributed by atoms with Crippen molar-refractivity contribution in [1.29, 1.82) is 0 Å². The highest BCUT2D eigenvalue weighted by atomic mass is 16.2. The minimum Gasteiger partial charge on any atom is -0.347 e. The van der Waals surface area contributed by atoms with E-state index in [9.17, 15) is 14.4 Å². The molecular weight excluding hydrogens is 526 g/mol. The molecule has 8 heteroatoms. The monoisotopic (exact) mass is 569 g/mol. The zero-order valence-corrected chi connectivity index (χ0v) is 25.5. The number of nitrogens with zero attached hydrogens (tertiary/aromatic N) is 3. The molecule has 0 unspecified atom stereocenters. The Kier molecular flexibility index (Phi) is 8.28. The van der Waals surface area contributed by atoms with Crippen LogP contribution in [0.3, 0.4) is 0 Å². The van der Waals surface area contributed by atoms with Gasteiger partial charge in [0.2, 0.25) is 5.91 Å². The van der Waals surface area contributed by atoms with Crippen molar-refractivity contribution in [1.82, 2.24) is 19.7 Å². The summed E-state index contributed by atoms with van der Waals surface area (Å²) in [5, 5.41) is 6.03. The van der Waals surface area contributed by atoms with Crippen molar-refractivity contribution >= 4 is 23.4 Å². The third-order valence-corrected chi connectivity index (χ3v) is 8.43. The molecule has 3 amide bonds. The van der Waals surface area contributed by atoms with Gasteiger partial charge in [0.15, 0.2) is 0 Å². The Hall–Kier alpha value is -3.91. The van der Waals surface area contributed by atoms with E-state index in [0.29, 0.717) is 24.2 Å². The number of carbonyl (C=O) groups is 3. The quantitative estimate of drug-likeness (QED) is 0.381. The highest BCUT2D eigenvalue weighted by Crippen LogP contribution is 2.49. The normalized spacial score (nSPS) is 15.9. The molecule has 0 radical (unpaired) electrons. The van der Waals surface area contributed by atoms with Gasteiger partial charge in [-0.05, 0) is 72.2 Å². The maximum absolute atomic E-state index is 13.3. The zero-order valence-electron chi connectivity index (χ0n) is 25.5. The summed E-state index contributed by atoms with van der Waals surface area (Å²) in [5.41, 5.74) is 5.42. The molecule has 0 atom stereocenters. The van der Waals surface area contributed by atoms with Crippen LogP contribution in [0.2, 0.25) is 0 Å². The van der Waals surface area contributed by atoms with Crippen molar-refractivity contribution in [2.45, 2.75) is 71.6 Å². The molecular formula is C34H43N5O3. The van der Waals surface area contributed by atoms with E-state index >= 15 is 0 Å². The Morgan fingerprint density at radius 3 is 2.14 bits per heavy atom. The summed E-state index contributed by atoms with van der Waals surface area (Å²) in [6.45, 7) is 8.98. The molecule has 2 heterocycles. The van der Waals surface area contributed by atoms with Crippen molar-refractivity contribution in [2.24, 2.45) is 5.41 Å². The van der Waals surface area contributed by atoms with Crippen LogP contribution in [0.5, 0.6) is 0 Å². The van der Waals surface area contributed by atoms with Crippen LogP contribution in [0.1, 0.15) is 84.1 Å². The number of nitrogens with one attached hydrogen (secondary N) is 2. The van der Waals surface area contributed by atoms with Crippen LogP contribution in [0.25, 0.3) is 0 Å². The van der Waals surface area contributed by atoms with Crippen molar-refractivity contribution in [2.75, 3.05) is 26.0 Å². The van der Waals surface area contributed by atoms with E-state index in [2.05, 4.69) is 38.3 Å². The van der Waals surface area contributed by atoms with E-state index in [-0.39, 0.29) is 28.7 Å². The maximum atomic E-state index is 13.3. The standard InChI is InChI=1S/C34H43N5O3/c1-33(2,3)21-30(40)36-27-13-9-24(10-14-27)22-35-31(41)28-15-16-29-34(17-6-18-34)38(19-20-39(28)29)23-25-7-11-26(12-8-25)32(42)37(4)5/h7-16H,6,17-23H2,1-5H3,(H,35,41)(H,36,40). The summed E-state index contributed by atoms with van der Waals surface area (Å²) >= 11 is 0. The first-order valence-electron chi connectivity index (χ1n) is 14.9. The Bertz CT molecular complexity index is 1440. The van der Waals surface area contributed by atoms with Crippen LogP contribution < -0.4 is 10.6 Å². The minimum absolute atomic E-state index is 0.00115. The lowest BCUT2D eigenvalue weighted by Crippen LogP contribution is -2.56. The van der Waals surface area contributed by atoms with Gasteiger partial charge in [-0.15, -0.1) is 0 Å². The summed E-state index contributed by atoms with van der Waals surface area (Å²) in [7, 11) is 3.53. The lowest BCUT2D eigenvalue weighted by atomic mass is 9.71. The number of hydrogen-bond acceptors (Lipinski definition) is 4. The molecule has 1 spiro atoms. The number of fused-ring (bicyclic) bond motifs is 2. The van der Waals surface area contributed by atoms with Crippen LogP contribution >= 0.6 is 0 Å². The molecule has 3 aromatic rings. The molecule has 2 N–H and O–H groups in total. The smallest absolute Gasteiger partial charge is 0.268 e. The number of amides is 3. The van der Waals surface area contributed by atoms with Gasteiger partial charge < -0.3 is 20.1 Å². The number of carbonyl (C=O) groups excluding carboxylic acids is 3. The van der Waals surface area contributed by atoms with Crippen molar-refractivity contribution in [3.05, 3.63) is 88.7 Å². The zero-order chi connectivity index (χ0) is 30.1. The third kappa shape index (κ3) is 6.28. The van der Waals surface area contributed by atoms with Gasteiger partial charge in [0.1, 0.15) is 5.69 Å². The number of rotatable bonds is 8. The molecule has 1 aliphatic heterocycles. The fourth-order valence-corrected chi connectivity index (χ4v) is 6.12. The lowest BCUT2D eigenvalue weighted by Gasteiger charge is -2.53. The number of benzene rings is 2. The SMILES string of the molecule is CN(C)C(=O)c1ccc(CN2CCn3c(C(=O)NCc4ccc(NC(=O)CC(C)(C)C)cc4)ccc3C23CCC3)cc1. The van der Waals surface area contributed by atoms with Crippen LogP contribution in [0.15, 0.2) is 60.7 Å². The first-order valence-corrected chi connectivity index (χ1v) is 14.9. The summed E-state index contributed by atoms with van der Waals surface area (Å²) in [6, 6.07) is 19.7. The van der Waals surface area contributed by atoms with E-state index < -0.39 is 0 Å². The second kappa shape index (κ2) is 11.8. The minimum atomic E-state index is -0.0760. The van der Waals surface area contributed by atoms with Gasteiger partial charge in [-0.2, -0.15) is 0 Å². The van der Waals surface area contributed by atoms with E-state index in [1.54, 1.807) is 19.0 Å². The third-order valence-electron chi connectivity index (χ3n) is 8.43. The molecule has 222 valence electrons. The van der Waals surface area contributed by atoms with Gasteiger partial charge in [0.05, 0.1) is 5.54 Å². The van der Waals surface area contributed by atoms with Crippen molar-refractivity contribution in [3.8, 4) is 0 Å². The molecule has 1 fully saturated rings. The largest absolute Gasteiger partial charge is 0.347 e. The van der Waals surface area contributed by atoms with Gasteiger partial charge in [-0.25, -0.2) is 0 Å². The highest BCUT2D eigenvalue weighted by Gasteiger charge is 2.48. The molecule has 2 aromatic carbocycles. The summed E-state index contributed by atoms with van der Waals surface area (Å²) in [6.07, 6.45) is 3.78. The molecule has 1 aromatic heterocycles. The molecule has 0 saturated heterocycles. The van der Waals surface area contributed by atoms with Gasteiger partial charge in [-0.1, -0.05) is 45.0 Å². The highest BCUT2D eigenvalue weighted by molar-refractivity contribution is 5.94. The first-order chi connectivity index (χ1) is 19.9. The van der Waals surface area contributed by atoms with Crippen LogP contribution in [-0.4, -0.2) is 52.7 Å². The average Bonchev–Trinajstić information content (AvgIpc) is 3.35. The molecule has 8 nitrogen and oxygen atoms in total. The van der Waals surface area contributed by atoms with Gasteiger partial charge in [-0.3, -0.25) is 19.3 Å². The number of anilines is 1. The molecule has 1 saturated carbocycles. The van der Waals surface area contributed by atoms with E-state index in [0.717, 1.165) is 43.7 Å². The van der Waals surface area contributed by atoms with Gasteiger partial charge in [0, 0.05) is 63.6 Å². The van der Waals surface area contributed by atoms with Crippen LogP contribution in [0, 0.1) is 5.41 Å². The van der Waals surface area contributed by atoms with Gasteiger partial charge >= 0.3 is 0 Å². The Labute approximate surface area is 249 Å². The van der Waals surface area contributed by atoms with E-state index in [1.165, 1.54) is 17.7 Å². The Morgan fingerprint density at radius 2 is 1.55 bits per heavy atom. The van der Waals surface area contributed by atoms with E-state index in [1.807, 2.05) is 63.2 Å². The van der Waals surface area contributed by atoms with Gasteiger partial charge in [0.25, 0.3) is 11.8 Å². The Morgan fingerprint density at radius 1 is 0.881 bits per heavy atom. The molecule has 1 aliphatic carbocycles. The topological polar surface area (TPSA) is 86.7 Å². The summed E-state index contributed by atoms with van der Waals surface area (Å²) in [4.78, 5) is 41.9. The Balaban J connectivity index is 1.21. The molecule has 0 bridgehead atoms. The van der Waals surface area contributed by atoms with Crippen LogP contribution in [-0.2, 0) is 30.0 Å². The molecule has 2 aliphatic rings. The fourth-order valence-electron chi connectivity index (χ4n) is 6.12. The predicted octanol–water partition coefficient (Wildman–Crippen LogP) is 5.39. The average molecular weight is 570 g/mol. The maximum Gasteiger partial charge on any atom is 0.268 e. The number of hydrogen-bond donors (Lipinski definition) is 2. The fraction of sp³-hybridized carbons (Fsp3) is 0.441. The molecule has 5 rings (SSSR count). The second-order valence-electron chi connectivity index (χ2n) is 13.1.